The van der Waals surface area contributed by atoms with Gasteiger partial charge in [-0.1, -0.05) is 6.07 Å². The van der Waals surface area contributed by atoms with Gasteiger partial charge in [0.2, 0.25) is 0 Å². The Kier molecular flexibility index (Phi) is 4.61. The van der Waals surface area contributed by atoms with Crippen LogP contribution in [0.4, 0.5) is 8.78 Å². The number of thiazole rings is 1. The molecule has 0 saturated carbocycles. The standard InChI is InChI=1S/C20H24F2N2OS/c1-12-13(2)26-19(23-12)11-24-16-5-6-17(24)10-20(25,9-16)8-14-3-4-15(21)7-18(14)22/h3-4,7,16-17,25H,5-6,8-11H2,1-2H3/t16-,17-/m0/s1. The van der Waals surface area contributed by atoms with E-state index < -0.39 is 17.2 Å². The second-order valence-corrected chi connectivity index (χ2v) is 9.14. The maximum Gasteiger partial charge on any atom is 0.129 e. The fourth-order valence-electron chi connectivity index (χ4n) is 4.60. The van der Waals surface area contributed by atoms with Crippen LogP contribution in [0.2, 0.25) is 0 Å². The SMILES string of the molecule is Cc1nc(CN2[C@H]3CC[C@H]2CC(O)(Cc2ccc(F)cc2F)C3)sc1C. The number of aromatic nitrogens is 1. The van der Waals surface area contributed by atoms with E-state index in [2.05, 4.69) is 16.8 Å². The van der Waals surface area contributed by atoms with Gasteiger partial charge in [0, 0.05) is 29.4 Å². The Hall–Kier alpha value is -1.37. The van der Waals surface area contributed by atoms with Gasteiger partial charge in [0.1, 0.15) is 16.6 Å². The molecule has 0 aliphatic carbocycles. The van der Waals surface area contributed by atoms with E-state index in [1.54, 1.807) is 11.3 Å². The van der Waals surface area contributed by atoms with E-state index in [-0.39, 0.29) is 6.42 Å². The number of piperidine rings is 1. The molecule has 0 spiro atoms. The number of benzene rings is 1. The van der Waals surface area contributed by atoms with E-state index in [0.29, 0.717) is 30.5 Å². The van der Waals surface area contributed by atoms with Gasteiger partial charge in [-0.05, 0) is 51.2 Å². The second kappa shape index (κ2) is 6.66. The Balaban J connectivity index is 1.48. The van der Waals surface area contributed by atoms with Crippen molar-refractivity contribution < 1.29 is 13.9 Å². The van der Waals surface area contributed by atoms with Gasteiger partial charge in [0.05, 0.1) is 17.8 Å². The molecule has 2 atom stereocenters. The van der Waals surface area contributed by atoms with Gasteiger partial charge in [0.25, 0.3) is 0 Å². The van der Waals surface area contributed by atoms with Crippen molar-refractivity contribution in [2.45, 2.75) is 70.2 Å². The lowest BCUT2D eigenvalue weighted by atomic mass is 9.81. The molecule has 1 N–H and O–H groups in total. The number of hydrogen-bond donors (Lipinski definition) is 1. The topological polar surface area (TPSA) is 36.4 Å². The van der Waals surface area contributed by atoms with Crippen molar-refractivity contribution in [3.8, 4) is 0 Å². The molecule has 2 bridgehead atoms. The Bertz CT molecular complexity index is 789. The molecule has 0 amide bonds. The normalized spacial score (nSPS) is 28.7. The third-order valence-electron chi connectivity index (χ3n) is 5.93. The summed E-state index contributed by atoms with van der Waals surface area (Å²) in [5.41, 5.74) is 0.570. The van der Waals surface area contributed by atoms with Crippen molar-refractivity contribution in [1.82, 2.24) is 9.88 Å². The van der Waals surface area contributed by atoms with Crippen molar-refractivity contribution >= 4 is 11.3 Å². The molecular formula is C20H24F2N2OS. The highest BCUT2D eigenvalue weighted by molar-refractivity contribution is 7.11. The summed E-state index contributed by atoms with van der Waals surface area (Å²) < 4.78 is 27.2. The Morgan fingerprint density at radius 3 is 2.50 bits per heavy atom. The minimum absolute atomic E-state index is 0.245. The maximum absolute atomic E-state index is 14.0. The summed E-state index contributed by atoms with van der Waals surface area (Å²) in [5, 5.41) is 12.3. The summed E-state index contributed by atoms with van der Waals surface area (Å²) in [7, 11) is 0. The van der Waals surface area contributed by atoms with E-state index in [1.165, 1.54) is 17.0 Å². The molecule has 2 aliphatic heterocycles. The summed E-state index contributed by atoms with van der Waals surface area (Å²) in [5.74, 6) is -1.15. The molecule has 2 aliphatic rings. The van der Waals surface area contributed by atoms with Crippen LogP contribution in [0.15, 0.2) is 18.2 Å². The van der Waals surface area contributed by atoms with E-state index in [1.807, 2.05) is 6.92 Å². The van der Waals surface area contributed by atoms with Gasteiger partial charge < -0.3 is 5.11 Å². The fourth-order valence-corrected chi connectivity index (χ4v) is 5.54. The second-order valence-electron chi connectivity index (χ2n) is 7.85. The lowest BCUT2D eigenvalue weighted by Crippen LogP contribution is -2.51. The molecule has 1 aromatic carbocycles. The summed E-state index contributed by atoms with van der Waals surface area (Å²) in [6.45, 7) is 4.96. The number of aryl methyl sites for hydroxylation is 2. The molecule has 2 saturated heterocycles. The molecule has 2 aromatic rings. The molecule has 26 heavy (non-hydrogen) atoms. The predicted octanol–water partition coefficient (Wildman–Crippen LogP) is 4.14. The molecule has 2 fully saturated rings. The summed E-state index contributed by atoms with van der Waals surface area (Å²) >= 11 is 1.75. The zero-order chi connectivity index (χ0) is 18.5. The highest BCUT2D eigenvalue weighted by Crippen LogP contribution is 2.43. The van der Waals surface area contributed by atoms with Gasteiger partial charge in [-0.3, -0.25) is 4.90 Å². The predicted molar refractivity (Wildman–Crippen MR) is 98.2 cm³/mol. The van der Waals surface area contributed by atoms with Crippen LogP contribution in [0.25, 0.3) is 0 Å². The largest absolute Gasteiger partial charge is 0.389 e. The summed E-state index contributed by atoms with van der Waals surface area (Å²) in [6.07, 6.45) is 3.62. The number of fused-ring (bicyclic) bond motifs is 2. The van der Waals surface area contributed by atoms with Crippen molar-refractivity contribution in [3.63, 3.8) is 0 Å². The first-order chi connectivity index (χ1) is 12.3. The number of aliphatic hydroxyl groups is 1. The number of hydrogen-bond acceptors (Lipinski definition) is 4. The summed E-state index contributed by atoms with van der Waals surface area (Å²) in [4.78, 5) is 8.38. The van der Waals surface area contributed by atoms with Gasteiger partial charge >= 0.3 is 0 Å². The first-order valence-corrected chi connectivity index (χ1v) is 9.99. The van der Waals surface area contributed by atoms with Crippen molar-refractivity contribution in [3.05, 3.63) is 51.0 Å². The smallest absolute Gasteiger partial charge is 0.129 e. The van der Waals surface area contributed by atoms with Crippen LogP contribution in [0.5, 0.6) is 0 Å². The van der Waals surface area contributed by atoms with Crippen LogP contribution in [0, 0.1) is 25.5 Å². The third kappa shape index (κ3) is 3.42. The Morgan fingerprint density at radius 1 is 1.23 bits per heavy atom. The Labute approximate surface area is 156 Å². The number of nitrogens with zero attached hydrogens (tertiary/aromatic N) is 2. The van der Waals surface area contributed by atoms with E-state index >= 15 is 0 Å². The quantitative estimate of drug-likeness (QED) is 0.869. The van der Waals surface area contributed by atoms with Crippen molar-refractivity contribution in [2.24, 2.45) is 0 Å². The van der Waals surface area contributed by atoms with Crippen molar-refractivity contribution in [1.29, 1.82) is 0 Å². The molecule has 4 rings (SSSR count). The van der Waals surface area contributed by atoms with Crippen LogP contribution < -0.4 is 0 Å². The van der Waals surface area contributed by atoms with Crippen LogP contribution >= 0.6 is 11.3 Å². The number of halogens is 2. The van der Waals surface area contributed by atoms with Crippen LogP contribution in [-0.4, -0.2) is 32.7 Å². The van der Waals surface area contributed by atoms with Gasteiger partial charge in [0.15, 0.2) is 0 Å². The molecule has 3 nitrogen and oxygen atoms in total. The average Bonchev–Trinajstić information content (AvgIpc) is 3.00. The van der Waals surface area contributed by atoms with Crippen LogP contribution in [0.3, 0.4) is 0 Å². The lowest BCUT2D eigenvalue weighted by molar-refractivity contribution is -0.0544. The van der Waals surface area contributed by atoms with Gasteiger partial charge in [-0.15, -0.1) is 11.3 Å². The first-order valence-electron chi connectivity index (χ1n) is 9.18. The van der Waals surface area contributed by atoms with E-state index in [4.69, 9.17) is 0 Å². The van der Waals surface area contributed by atoms with E-state index in [0.717, 1.165) is 36.2 Å². The highest BCUT2D eigenvalue weighted by Gasteiger charge is 2.47. The maximum atomic E-state index is 14.0. The molecule has 140 valence electrons. The fraction of sp³-hybridized carbons (Fsp3) is 0.550. The van der Waals surface area contributed by atoms with Crippen LogP contribution in [0.1, 0.15) is 46.8 Å². The third-order valence-corrected chi connectivity index (χ3v) is 6.99. The molecular weight excluding hydrogens is 354 g/mol. The highest BCUT2D eigenvalue weighted by atomic mass is 32.1. The van der Waals surface area contributed by atoms with Gasteiger partial charge in [-0.2, -0.15) is 0 Å². The minimum Gasteiger partial charge on any atom is -0.389 e. The minimum atomic E-state index is -0.921. The Morgan fingerprint density at radius 2 is 1.92 bits per heavy atom. The molecule has 0 radical (unpaired) electrons. The zero-order valence-electron chi connectivity index (χ0n) is 15.1. The first kappa shape index (κ1) is 18.0. The van der Waals surface area contributed by atoms with E-state index in [9.17, 15) is 13.9 Å². The van der Waals surface area contributed by atoms with Crippen LogP contribution in [-0.2, 0) is 13.0 Å². The van der Waals surface area contributed by atoms with Gasteiger partial charge in [-0.25, -0.2) is 13.8 Å². The monoisotopic (exact) mass is 378 g/mol. The molecule has 1 aromatic heterocycles. The molecule has 6 heteroatoms. The zero-order valence-corrected chi connectivity index (χ0v) is 16.0. The molecule has 3 heterocycles. The molecule has 0 unspecified atom stereocenters. The summed E-state index contributed by atoms with van der Waals surface area (Å²) in [6, 6.07) is 4.21. The number of rotatable bonds is 4. The average molecular weight is 378 g/mol. The van der Waals surface area contributed by atoms with Crippen molar-refractivity contribution in [2.75, 3.05) is 0 Å². The lowest BCUT2D eigenvalue weighted by Gasteiger charge is -2.43.